The van der Waals surface area contributed by atoms with Gasteiger partial charge in [-0.15, -0.1) is 0 Å². The van der Waals surface area contributed by atoms with Crippen LogP contribution in [-0.2, 0) is 13.0 Å². The first-order chi connectivity index (χ1) is 6.27. The average Bonchev–Trinajstić information content (AvgIpc) is 2.17. The van der Waals surface area contributed by atoms with Crippen LogP contribution in [0.25, 0.3) is 0 Å². The van der Waals surface area contributed by atoms with Gasteiger partial charge in [-0.1, -0.05) is 32.0 Å². The van der Waals surface area contributed by atoms with Crippen LogP contribution < -0.4 is 5.32 Å². The number of rotatable bonds is 4. The van der Waals surface area contributed by atoms with E-state index < -0.39 is 0 Å². The molecule has 1 rings (SSSR count). The molecule has 0 aliphatic rings. The number of nitrogens with one attached hydrogen (secondary N) is 1. The Morgan fingerprint density at radius 3 is 2.62 bits per heavy atom. The Kier molecular flexibility index (Phi) is 3.97. The van der Waals surface area contributed by atoms with Crippen LogP contribution in [0.5, 0.6) is 0 Å². The van der Waals surface area contributed by atoms with E-state index in [0.717, 1.165) is 19.5 Å². The lowest BCUT2D eigenvalue weighted by atomic mass is 10.0. The molecule has 0 amide bonds. The van der Waals surface area contributed by atoms with Crippen LogP contribution >= 0.6 is 0 Å². The first-order valence-electron chi connectivity index (χ1n) is 5.07. The molecule has 1 heteroatoms. The van der Waals surface area contributed by atoms with Gasteiger partial charge >= 0.3 is 0 Å². The molecule has 0 saturated heterocycles. The zero-order valence-corrected chi connectivity index (χ0v) is 8.85. The summed E-state index contributed by atoms with van der Waals surface area (Å²) in [4.78, 5) is 0. The number of hydrogen-bond donors (Lipinski definition) is 1. The molecule has 1 aromatic rings. The molecule has 1 N–H and O–H groups in total. The lowest BCUT2D eigenvalue weighted by molar-refractivity contribution is 0.722. The fraction of sp³-hybridized carbons (Fsp3) is 0.500. The summed E-state index contributed by atoms with van der Waals surface area (Å²) in [6.07, 6.45) is 1.12. The third-order valence-corrected chi connectivity index (χ3v) is 2.39. The molecular formula is C12H19N. The van der Waals surface area contributed by atoms with Crippen LogP contribution in [0, 0.1) is 6.92 Å². The van der Waals surface area contributed by atoms with Gasteiger partial charge in [0.05, 0.1) is 0 Å². The molecule has 0 saturated carbocycles. The van der Waals surface area contributed by atoms with Crippen LogP contribution in [0.2, 0.25) is 0 Å². The normalized spacial score (nSPS) is 10.4. The van der Waals surface area contributed by atoms with Crippen LogP contribution in [-0.4, -0.2) is 6.54 Å². The molecule has 0 spiro atoms. The van der Waals surface area contributed by atoms with Crippen molar-refractivity contribution in [2.24, 2.45) is 0 Å². The number of benzene rings is 1. The van der Waals surface area contributed by atoms with Gasteiger partial charge in [-0.3, -0.25) is 0 Å². The quantitative estimate of drug-likeness (QED) is 0.745. The molecule has 0 bridgehead atoms. The summed E-state index contributed by atoms with van der Waals surface area (Å²) < 4.78 is 0. The van der Waals surface area contributed by atoms with Gasteiger partial charge in [-0.05, 0) is 36.6 Å². The molecule has 0 heterocycles. The van der Waals surface area contributed by atoms with Gasteiger partial charge in [0.25, 0.3) is 0 Å². The molecule has 1 nitrogen and oxygen atoms in total. The Morgan fingerprint density at radius 2 is 2.00 bits per heavy atom. The first kappa shape index (κ1) is 10.3. The van der Waals surface area contributed by atoms with E-state index in [1.807, 2.05) is 0 Å². The van der Waals surface area contributed by atoms with Gasteiger partial charge < -0.3 is 5.32 Å². The Labute approximate surface area is 81.2 Å². The van der Waals surface area contributed by atoms with Crippen LogP contribution in [0.4, 0.5) is 0 Å². The maximum absolute atomic E-state index is 3.36. The monoisotopic (exact) mass is 177 g/mol. The topological polar surface area (TPSA) is 12.0 Å². The minimum absolute atomic E-state index is 0.996. The summed E-state index contributed by atoms with van der Waals surface area (Å²) in [5, 5.41) is 3.36. The summed E-state index contributed by atoms with van der Waals surface area (Å²) in [5.74, 6) is 0. The van der Waals surface area contributed by atoms with Crippen molar-refractivity contribution in [2.45, 2.75) is 33.7 Å². The second kappa shape index (κ2) is 5.03. The summed E-state index contributed by atoms with van der Waals surface area (Å²) in [5.41, 5.74) is 4.25. The van der Waals surface area contributed by atoms with Crippen molar-refractivity contribution >= 4 is 0 Å². The van der Waals surface area contributed by atoms with Crippen molar-refractivity contribution in [3.05, 3.63) is 34.9 Å². The molecule has 0 unspecified atom stereocenters. The Bertz CT molecular complexity index is 266. The second-order valence-electron chi connectivity index (χ2n) is 3.39. The SMILES string of the molecule is CCNCc1cc(CC)ccc1C. The fourth-order valence-electron chi connectivity index (χ4n) is 1.39. The van der Waals surface area contributed by atoms with E-state index in [1.54, 1.807) is 0 Å². The maximum Gasteiger partial charge on any atom is 0.0208 e. The molecule has 1 aromatic carbocycles. The molecule has 0 radical (unpaired) electrons. The van der Waals surface area contributed by atoms with Crippen molar-refractivity contribution in [2.75, 3.05) is 6.54 Å². The molecule has 0 aliphatic heterocycles. The zero-order chi connectivity index (χ0) is 9.68. The van der Waals surface area contributed by atoms with Crippen molar-refractivity contribution in [3.63, 3.8) is 0 Å². The van der Waals surface area contributed by atoms with Crippen molar-refractivity contribution in [1.82, 2.24) is 5.32 Å². The van der Waals surface area contributed by atoms with E-state index in [4.69, 9.17) is 0 Å². The lowest BCUT2D eigenvalue weighted by Gasteiger charge is -2.08. The standard InChI is InChI=1S/C12H19N/c1-4-11-7-6-10(3)12(8-11)9-13-5-2/h6-8,13H,4-5,9H2,1-3H3. The molecule has 0 atom stereocenters. The zero-order valence-electron chi connectivity index (χ0n) is 8.85. The van der Waals surface area contributed by atoms with Crippen molar-refractivity contribution in [1.29, 1.82) is 0 Å². The minimum atomic E-state index is 0.996. The molecule has 13 heavy (non-hydrogen) atoms. The van der Waals surface area contributed by atoms with Crippen LogP contribution in [0.15, 0.2) is 18.2 Å². The van der Waals surface area contributed by atoms with E-state index in [0.29, 0.717) is 0 Å². The minimum Gasteiger partial charge on any atom is -0.313 e. The van der Waals surface area contributed by atoms with E-state index in [9.17, 15) is 0 Å². The van der Waals surface area contributed by atoms with Gasteiger partial charge in [-0.2, -0.15) is 0 Å². The lowest BCUT2D eigenvalue weighted by Crippen LogP contribution is -2.12. The third-order valence-electron chi connectivity index (χ3n) is 2.39. The van der Waals surface area contributed by atoms with Gasteiger partial charge in [0.15, 0.2) is 0 Å². The van der Waals surface area contributed by atoms with Gasteiger partial charge in [0.2, 0.25) is 0 Å². The summed E-state index contributed by atoms with van der Waals surface area (Å²) in [7, 11) is 0. The third kappa shape index (κ3) is 2.85. The van der Waals surface area contributed by atoms with Gasteiger partial charge in [0, 0.05) is 6.54 Å². The molecule has 72 valence electrons. The van der Waals surface area contributed by atoms with Gasteiger partial charge in [0.1, 0.15) is 0 Å². The average molecular weight is 177 g/mol. The largest absolute Gasteiger partial charge is 0.313 e. The predicted molar refractivity (Wildman–Crippen MR) is 57.9 cm³/mol. The second-order valence-corrected chi connectivity index (χ2v) is 3.39. The van der Waals surface area contributed by atoms with Crippen molar-refractivity contribution in [3.8, 4) is 0 Å². The molecule has 0 aromatic heterocycles. The highest BCUT2D eigenvalue weighted by Crippen LogP contribution is 2.11. The number of hydrogen-bond acceptors (Lipinski definition) is 1. The Morgan fingerprint density at radius 1 is 1.23 bits per heavy atom. The Hall–Kier alpha value is -0.820. The van der Waals surface area contributed by atoms with Crippen molar-refractivity contribution < 1.29 is 0 Å². The molecule has 0 aliphatic carbocycles. The molecular weight excluding hydrogens is 158 g/mol. The van der Waals surface area contributed by atoms with Crippen LogP contribution in [0.1, 0.15) is 30.5 Å². The van der Waals surface area contributed by atoms with Gasteiger partial charge in [-0.25, -0.2) is 0 Å². The van der Waals surface area contributed by atoms with E-state index in [-0.39, 0.29) is 0 Å². The highest BCUT2D eigenvalue weighted by Gasteiger charge is 1.98. The smallest absolute Gasteiger partial charge is 0.0208 e. The van der Waals surface area contributed by atoms with E-state index >= 15 is 0 Å². The summed E-state index contributed by atoms with van der Waals surface area (Å²) in [6.45, 7) is 8.54. The molecule has 0 fully saturated rings. The maximum atomic E-state index is 3.36. The summed E-state index contributed by atoms with van der Waals surface area (Å²) >= 11 is 0. The van der Waals surface area contributed by atoms with E-state index in [2.05, 4.69) is 44.3 Å². The number of aryl methyl sites for hydroxylation is 2. The highest BCUT2D eigenvalue weighted by molar-refractivity contribution is 5.31. The van der Waals surface area contributed by atoms with E-state index in [1.165, 1.54) is 16.7 Å². The first-order valence-corrected chi connectivity index (χ1v) is 5.07. The van der Waals surface area contributed by atoms with Crippen LogP contribution in [0.3, 0.4) is 0 Å². The Balaban J connectivity index is 2.78. The fourth-order valence-corrected chi connectivity index (χ4v) is 1.39. The summed E-state index contributed by atoms with van der Waals surface area (Å²) in [6, 6.07) is 6.73. The predicted octanol–water partition coefficient (Wildman–Crippen LogP) is 2.67. The highest BCUT2D eigenvalue weighted by atomic mass is 14.8.